The van der Waals surface area contributed by atoms with Crippen molar-refractivity contribution >= 4 is 21.7 Å². The van der Waals surface area contributed by atoms with E-state index in [1.807, 2.05) is 6.92 Å². The number of alkyl halides is 3. The maximum atomic E-state index is 14.8. The fourth-order valence-electron chi connectivity index (χ4n) is 5.46. The van der Waals surface area contributed by atoms with Gasteiger partial charge in [0.2, 0.25) is 5.91 Å². The van der Waals surface area contributed by atoms with Gasteiger partial charge in [0.15, 0.2) is 9.84 Å². The Hall–Kier alpha value is -3.09. The molecular weight excluding hydrogens is 533 g/mol. The molecule has 0 radical (unpaired) electrons. The lowest BCUT2D eigenvalue weighted by atomic mass is 9.98. The topological polar surface area (TPSA) is 96.4 Å². The van der Waals surface area contributed by atoms with Crippen LogP contribution in [-0.4, -0.2) is 48.5 Å². The van der Waals surface area contributed by atoms with E-state index in [0.29, 0.717) is 25.3 Å². The predicted octanol–water partition coefficient (Wildman–Crippen LogP) is 3.90. The van der Waals surface area contributed by atoms with Gasteiger partial charge in [-0.2, -0.15) is 13.2 Å². The molecule has 2 heterocycles. The average molecular weight is 558 g/mol. The lowest BCUT2D eigenvalue weighted by molar-refractivity contribution is -0.140. The number of piperidine rings is 1. The lowest BCUT2D eigenvalue weighted by Gasteiger charge is -2.30. The Balaban J connectivity index is 1.42. The minimum absolute atomic E-state index is 0.0138. The molecule has 2 amide bonds. The van der Waals surface area contributed by atoms with Gasteiger partial charge in [0.1, 0.15) is 17.7 Å². The Kier molecular flexibility index (Phi) is 6.27. The maximum absolute atomic E-state index is 14.8. The van der Waals surface area contributed by atoms with Crippen molar-refractivity contribution in [2.45, 2.75) is 55.4 Å². The first-order valence-corrected chi connectivity index (χ1v) is 13.9. The molecule has 204 valence electrons. The maximum Gasteiger partial charge on any atom is 0.419 e. The van der Waals surface area contributed by atoms with Gasteiger partial charge in [0, 0.05) is 30.3 Å². The molecule has 2 saturated carbocycles. The van der Waals surface area contributed by atoms with Crippen LogP contribution < -0.4 is 5.32 Å². The predicted molar refractivity (Wildman–Crippen MR) is 123 cm³/mol. The van der Waals surface area contributed by atoms with Gasteiger partial charge in [-0.15, -0.1) is 0 Å². The highest BCUT2D eigenvalue weighted by molar-refractivity contribution is 7.90. The zero-order valence-electron chi connectivity index (χ0n) is 20.3. The van der Waals surface area contributed by atoms with Crippen LogP contribution in [0.1, 0.15) is 53.7 Å². The number of hydrogen-bond donors (Lipinski definition) is 1. The first kappa shape index (κ1) is 26.5. The molecule has 1 N–H and O–H groups in total. The van der Waals surface area contributed by atoms with E-state index in [4.69, 9.17) is 0 Å². The average Bonchev–Trinajstić information content (AvgIpc) is 3.74. The number of rotatable bonds is 6. The number of likely N-dealkylation sites (tertiary alicyclic amines) is 1. The first-order valence-electron chi connectivity index (χ1n) is 12.0. The quantitative estimate of drug-likeness (QED) is 0.544. The smallest absolute Gasteiger partial charge is 0.347 e. The molecule has 5 atom stereocenters. The van der Waals surface area contributed by atoms with Crippen molar-refractivity contribution in [1.82, 2.24) is 15.2 Å². The van der Waals surface area contributed by atoms with Crippen LogP contribution in [0.2, 0.25) is 0 Å². The summed E-state index contributed by atoms with van der Waals surface area (Å²) in [7, 11) is -3.64. The Bertz CT molecular complexity index is 1430. The summed E-state index contributed by atoms with van der Waals surface area (Å²) in [5, 5.41) is 2.66. The van der Waals surface area contributed by atoms with Crippen LogP contribution in [0.5, 0.6) is 0 Å². The summed E-state index contributed by atoms with van der Waals surface area (Å²) in [5.74, 6) is -4.30. The summed E-state index contributed by atoms with van der Waals surface area (Å²) >= 11 is 0. The molecule has 1 aromatic carbocycles. The van der Waals surface area contributed by atoms with Crippen LogP contribution in [0.25, 0.3) is 0 Å². The molecule has 1 aromatic heterocycles. The molecule has 13 heteroatoms. The molecule has 7 nitrogen and oxygen atoms in total. The molecular formula is C25H24F5N3O4S. The lowest BCUT2D eigenvalue weighted by Crippen LogP contribution is -2.49. The summed E-state index contributed by atoms with van der Waals surface area (Å²) < 4.78 is 92.0. The largest absolute Gasteiger partial charge is 0.419 e. The number of hydrogen-bond acceptors (Lipinski definition) is 5. The number of benzene rings is 1. The van der Waals surface area contributed by atoms with Crippen LogP contribution >= 0.6 is 0 Å². The number of sulfone groups is 1. The monoisotopic (exact) mass is 557 g/mol. The van der Waals surface area contributed by atoms with Crippen molar-refractivity contribution in [2.75, 3.05) is 6.26 Å². The van der Waals surface area contributed by atoms with E-state index >= 15 is 0 Å². The summed E-state index contributed by atoms with van der Waals surface area (Å²) in [4.78, 5) is 31.9. The van der Waals surface area contributed by atoms with Crippen molar-refractivity contribution in [3.8, 4) is 0 Å². The third kappa shape index (κ3) is 4.76. The second kappa shape index (κ2) is 8.99. The molecule has 5 rings (SSSR count). The number of carbonyl (C=O) groups excluding carboxylic acids is 2. The molecule has 2 aliphatic carbocycles. The summed E-state index contributed by atoms with van der Waals surface area (Å²) in [6.45, 7) is 1.92. The van der Waals surface area contributed by atoms with E-state index in [9.17, 15) is 40.0 Å². The van der Waals surface area contributed by atoms with Crippen LogP contribution in [0.15, 0.2) is 35.5 Å². The number of nitrogens with zero attached hydrogens (tertiary/aromatic N) is 2. The van der Waals surface area contributed by atoms with Crippen molar-refractivity contribution in [1.29, 1.82) is 0 Å². The number of amides is 2. The third-order valence-electron chi connectivity index (χ3n) is 7.71. The number of halogens is 5. The van der Waals surface area contributed by atoms with Gasteiger partial charge in [0.25, 0.3) is 5.91 Å². The number of fused-ring (bicyclic) bond motifs is 1. The van der Waals surface area contributed by atoms with E-state index in [-0.39, 0.29) is 45.9 Å². The fourth-order valence-corrected chi connectivity index (χ4v) is 6.05. The normalized spacial score (nSPS) is 25.6. The Morgan fingerprint density at radius 2 is 1.79 bits per heavy atom. The minimum Gasteiger partial charge on any atom is -0.347 e. The van der Waals surface area contributed by atoms with Crippen LogP contribution in [-0.2, 0) is 20.8 Å². The van der Waals surface area contributed by atoms with Gasteiger partial charge in [0.05, 0.1) is 22.1 Å². The molecule has 1 saturated heterocycles. The van der Waals surface area contributed by atoms with Crippen molar-refractivity contribution in [3.05, 3.63) is 58.9 Å². The van der Waals surface area contributed by atoms with Gasteiger partial charge in [-0.05, 0) is 55.2 Å². The summed E-state index contributed by atoms with van der Waals surface area (Å²) in [6, 6.07) is -0.551. The molecule has 3 fully saturated rings. The standard InChI is InChI=1S/C25H24F5N3O4S/c1-11-15-7-20(33(22(11)15)24(35)13-5-14(10-31-9-13)38(2,36)37)23(34)32-21(12-3-4-12)16-6-19(27)17(8-18(16)26)25(28,29)30/h5-6,8-12,15,20-22H,3-4,7H2,1-2H3,(H,32,34)/t11-,15?,20+,21?,22?/m0/s1. The third-order valence-corrected chi connectivity index (χ3v) is 8.79. The SMILES string of the molecule is C[C@H]1C2C[C@H](C(=O)NC(c3cc(F)c(C(F)(F)F)cc3F)C3CC3)N(C(=O)c3cncc(S(C)(=O)=O)c3)C21. The molecule has 2 aromatic rings. The highest BCUT2D eigenvalue weighted by atomic mass is 32.2. The van der Waals surface area contributed by atoms with Gasteiger partial charge >= 0.3 is 6.18 Å². The molecule has 1 aliphatic heterocycles. The van der Waals surface area contributed by atoms with E-state index in [1.54, 1.807) is 0 Å². The fraction of sp³-hybridized carbons (Fsp3) is 0.480. The molecule has 0 bridgehead atoms. The molecule has 3 unspecified atom stereocenters. The van der Waals surface area contributed by atoms with E-state index < -0.39 is 57.1 Å². The Labute approximate surface area is 215 Å². The highest BCUT2D eigenvalue weighted by Gasteiger charge is 2.62. The Morgan fingerprint density at radius 3 is 2.39 bits per heavy atom. The van der Waals surface area contributed by atoms with E-state index in [0.717, 1.165) is 12.5 Å². The number of pyridine rings is 1. The zero-order chi connectivity index (χ0) is 27.7. The van der Waals surface area contributed by atoms with Crippen molar-refractivity contribution in [2.24, 2.45) is 17.8 Å². The zero-order valence-corrected chi connectivity index (χ0v) is 21.1. The molecule has 3 aliphatic rings. The number of carbonyl (C=O) groups is 2. The number of aromatic nitrogens is 1. The van der Waals surface area contributed by atoms with Crippen LogP contribution in [0, 0.1) is 29.4 Å². The van der Waals surface area contributed by atoms with Crippen LogP contribution in [0.4, 0.5) is 22.0 Å². The highest BCUT2D eigenvalue weighted by Crippen LogP contribution is 2.54. The van der Waals surface area contributed by atoms with Crippen LogP contribution in [0.3, 0.4) is 0 Å². The van der Waals surface area contributed by atoms with Crippen molar-refractivity contribution in [3.63, 3.8) is 0 Å². The second-order valence-electron chi connectivity index (χ2n) is 10.3. The molecule has 38 heavy (non-hydrogen) atoms. The summed E-state index contributed by atoms with van der Waals surface area (Å²) in [6.07, 6.45) is -0.346. The van der Waals surface area contributed by atoms with Gasteiger partial charge in [-0.1, -0.05) is 6.92 Å². The minimum atomic E-state index is -5.08. The van der Waals surface area contributed by atoms with Gasteiger partial charge < -0.3 is 10.2 Å². The van der Waals surface area contributed by atoms with E-state index in [1.165, 1.54) is 17.2 Å². The summed E-state index contributed by atoms with van der Waals surface area (Å²) in [5.41, 5.74) is -2.13. The number of nitrogens with one attached hydrogen (secondary N) is 1. The Morgan fingerprint density at radius 1 is 1.11 bits per heavy atom. The molecule has 0 spiro atoms. The first-order chi connectivity index (χ1) is 17.7. The second-order valence-corrected chi connectivity index (χ2v) is 12.3. The van der Waals surface area contributed by atoms with Crippen molar-refractivity contribution < 1.29 is 40.0 Å². The van der Waals surface area contributed by atoms with Gasteiger partial charge in [-0.25, -0.2) is 17.2 Å². The van der Waals surface area contributed by atoms with E-state index in [2.05, 4.69) is 10.3 Å². The van der Waals surface area contributed by atoms with Gasteiger partial charge in [-0.3, -0.25) is 14.6 Å².